The number of carbonyl (C=O) groups excluding carboxylic acids is 1. The van der Waals surface area contributed by atoms with Crippen molar-refractivity contribution in [3.05, 3.63) is 96.2 Å². The number of allylic oxidation sites excluding steroid dienone is 9. The lowest BCUT2D eigenvalue weighted by molar-refractivity contribution is -0.131. The van der Waals surface area contributed by atoms with Crippen LogP contribution in [0, 0.1) is 0 Å². The Morgan fingerprint density at radius 2 is 1.22 bits per heavy atom. The summed E-state index contributed by atoms with van der Waals surface area (Å²) >= 11 is 0. The van der Waals surface area contributed by atoms with Gasteiger partial charge in [-0.1, -0.05) is 85.0 Å². The van der Waals surface area contributed by atoms with Crippen LogP contribution < -0.4 is 0 Å². The van der Waals surface area contributed by atoms with Gasteiger partial charge in [0.05, 0.1) is 0 Å². The third-order valence-electron chi connectivity index (χ3n) is 2.64. The van der Waals surface area contributed by atoms with Crippen LogP contribution >= 0.6 is 0 Å². The quantitative estimate of drug-likeness (QED) is 0.444. The molecule has 23 heavy (non-hydrogen) atoms. The molecule has 1 aromatic carbocycles. The van der Waals surface area contributed by atoms with Gasteiger partial charge < -0.3 is 5.11 Å². The first-order valence-electron chi connectivity index (χ1n) is 7.02. The highest BCUT2D eigenvalue weighted by atomic mass is 16.4. The molecule has 3 nitrogen and oxygen atoms in total. The number of carboxylic acid groups (broad SMARTS) is 1. The summed E-state index contributed by atoms with van der Waals surface area (Å²) in [5, 5.41) is 8.53. The van der Waals surface area contributed by atoms with Gasteiger partial charge in [-0.15, -0.1) is 0 Å². The van der Waals surface area contributed by atoms with Crippen LogP contribution in [0.3, 0.4) is 0 Å². The molecule has 0 amide bonds. The summed E-state index contributed by atoms with van der Waals surface area (Å²) in [6.07, 6.45) is 21.1. The molecule has 0 aliphatic rings. The van der Waals surface area contributed by atoms with Gasteiger partial charge in [0.25, 0.3) is 0 Å². The Balaban J connectivity index is 2.70. The van der Waals surface area contributed by atoms with E-state index in [1.54, 1.807) is 18.2 Å². The normalized spacial score (nSPS) is 12.7. The molecule has 1 aromatic rings. The second-order valence-corrected chi connectivity index (χ2v) is 4.34. The lowest BCUT2D eigenvalue weighted by Crippen LogP contribution is -1.84. The molecular weight excluding hydrogens is 288 g/mol. The zero-order chi connectivity index (χ0) is 16.8. The maximum Gasteiger partial charge on any atom is 0.328 e. The highest BCUT2D eigenvalue weighted by Crippen LogP contribution is 2.12. The van der Waals surface area contributed by atoms with Gasteiger partial charge in [0.1, 0.15) is 6.29 Å². The molecule has 0 spiro atoms. The van der Waals surface area contributed by atoms with Crippen LogP contribution in [0.5, 0.6) is 0 Å². The number of benzene rings is 1. The van der Waals surface area contributed by atoms with Gasteiger partial charge in [0.2, 0.25) is 0 Å². The third kappa shape index (κ3) is 8.63. The van der Waals surface area contributed by atoms with Crippen LogP contribution in [0.4, 0.5) is 0 Å². The molecule has 0 aromatic heterocycles. The lowest BCUT2D eigenvalue weighted by Gasteiger charge is -1.98. The van der Waals surface area contributed by atoms with E-state index >= 15 is 0 Å². The molecule has 0 unspecified atom stereocenters. The second kappa shape index (κ2) is 11.5. The number of hydrogen-bond acceptors (Lipinski definition) is 2. The molecule has 0 atom stereocenters. The number of aldehydes is 1. The Labute approximate surface area is 136 Å². The van der Waals surface area contributed by atoms with Crippen molar-refractivity contribution in [2.75, 3.05) is 0 Å². The molecule has 0 radical (unpaired) electrons. The molecule has 0 aliphatic carbocycles. The fourth-order valence-electron chi connectivity index (χ4n) is 1.64. The van der Waals surface area contributed by atoms with Crippen molar-refractivity contribution < 1.29 is 14.7 Å². The first-order valence-corrected chi connectivity index (χ1v) is 7.02. The Bertz CT molecular complexity index is 687. The maximum absolute atomic E-state index is 10.4. The van der Waals surface area contributed by atoms with Crippen LogP contribution in [-0.2, 0) is 9.59 Å². The zero-order valence-electron chi connectivity index (χ0n) is 12.6. The molecule has 0 bridgehead atoms. The largest absolute Gasteiger partial charge is 0.478 e. The van der Waals surface area contributed by atoms with E-state index in [-0.39, 0.29) is 0 Å². The fraction of sp³-hybridized carbons (Fsp3) is 0. The number of carboxylic acids is 1. The summed E-state index contributed by atoms with van der Waals surface area (Å²) in [6.45, 7) is 0. The summed E-state index contributed by atoms with van der Waals surface area (Å²) in [5.74, 6) is -0.969. The van der Waals surface area contributed by atoms with Crippen molar-refractivity contribution in [2.24, 2.45) is 0 Å². The lowest BCUT2D eigenvalue weighted by atomic mass is 10.1. The molecule has 116 valence electrons. The topological polar surface area (TPSA) is 54.4 Å². The van der Waals surface area contributed by atoms with Crippen molar-refractivity contribution >= 4 is 24.4 Å². The summed E-state index contributed by atoms with van der Waals surface area (Å²) in [7, 11) is 0. The van der Waals surface area contributed by atoms with Crippen LogP contribution in [0.1, 0.15) is 11.1 Å². The van der Waals surface area contributed by atoms with Crippen molar-refractivity contribution in [2.45, 2.75) is 0 Å². The van der Waals surface area contributed by atoms with Gasteiger partial charge in [0, 0.05) is 6.08 Å². The van der Waals surface area contributed by atoms with Crippen LogP contribution in [0.2, 0.25) is 0 Å². The molecule has 0 saturated heterocycles. The Kier molecular flexibility index (Phi) is 8.89. The SMILES string of the molecule is O=C/C=C/C=C\C=C\C=C/c1ccccc1/C=C/C=C/C(=O)O. The molecule has 0 aliphatic heterocycles. The fourth-order valence-corrected chi connectivity index (χ4v) is 1.64. The number of aliphatic carboxylic acids is 1. The van der Waals surface area contributed by atoms with Gasteiger partial charge >= 0.3 is 5.97 Å². The van der Waals surface area contributed by atoms with Crippen molar-refractivity contribution in [1.82, 2.24) is 0 Å². The minimum absolute atomic E-state index is 0.726. The van der Waals surface area contributed by atoms with E-state index in [9.17, 15) is 9.59 Å². The Morgan fingerprint density at radius 1 is 0.739 bits per heavy atom. The molecular formula is C20H18O3. The smallest absolute Gasteiger partial charge is 0.328 e. The van der Waals surface area contributed by atoms with Crippen LogP contribution in [0.25, 0.3) is 12.2 Å². The maximum atomic E-state index is 10.4. The Morgan fingerprint density at radius 3 is 1.74 bits per heavy atom. The third-order valence-corrected chi connectivity index (χ3v) is 2.64. The highest BCUT2D eigenvalue weighted by molar-refractivity contribution is 5.80. The molecule has 1 N–H and O–H groups in total. The van der Waals surface area contributed by atoms with E-state index in [0.29, 0.717) is 0 Å². The number of rotatable bonds is 8. The molecule has 0 heterocycles. The predicted octanol–water partition coefficient (Wildman–Crippen LogP) is 4.22. The van der Waals surface area contributed by atoms with Gasteiger partial charge in [0.15, 0.2) is 0 Å². The first kappa shape index (κ1) is 17.9. The van der Waals surface area contributed by atoms with E-state index in [0.717, 1.165) is 23.5 Å². The summed E-state index contributed by atoms with van der Waals surface area (Å²) < 4.78 is 0. The molecule has 1 rings (SSSR count). The average Bonchev–Trinajstić information content (AvgIpc) is 2.55. The zero-order valence-corrected chi connectivity index (χ0v) is 12.6. The first-order chi connectivity index (χ1) is 11.2. The van der Waals surface area contributed by atoms with Gasteiger partial charge in [-0.3, -0.25) is 4.79 Å². The number of hydrogen-bond donors (Lipinski definition) is 1. The van der Waals surface area contributed by atoms with Crippen molar-refractivity contribution in [1.29, 1.82) is 0 Å². The van der Waals surface area contributed by atoms with Crippen molar-refractivity contribution in [3.8, 4) is 0 Å². The molecule has 3 heteroatoms. The summed E-state index contributed by atoms with van der Waals surface area (Å²) in [6, 6.07) is 7.81. The van der Waals surface area contributed by atoms with Crippen LogP contribution in [-0.4, -0.2) is 17.4 Å². The van der Waals surface area contributed by atoms with Gasteiger partial charge in [-0.2, -0.15) is 0 Å². The molecule has 0 saturated carbocycles. The monoisotopic (exact) mass is 306 g/mol. The van der Waals surface area contributed by atoms with E-state index in [1.165, 1.54) is 12.2 Å². The van der Waals surface area contributed by atoms with Gasteiger partial charge in [-0.05, 0) is 17.2 Å². The second-order valence-electron chi connectivity index (χ2n) is 4.34. The summed E-state index contributed by atoms with van der Waals surface area (Å²) in [5.41, 5.74) is 2.03. The van der Waals surface area contributed by atoms with Crippen LogP contribution in [0.15, 0.2) is 85.0 Å². The minimum atomic E-state index is -0.969. The standard InChI is InChI=1S/C20H18O3/c21-17-11-5-3-1-2-4-6-12-18-13-7-8-14-19(18)15-9-10-16-20(22)23/h1-17H,(H,22,23)/b3-1-,4-2+,11-5+,12-6-,15-9+,16-10+. The van der Waals surface area contributed by atoms with E-state index in [1.807, 2.05) is 60.7 Å². The van der Waals surface area contributed by atoms with E-state index in [2.05, 4.69) is 0 Å². The summed E-state index contributed by atoms with van der Waals surface area (Å²) in [4.78, 5) is 20.5. The Hall–Kier alpha value is -3.20. The van der Waals surface area contributed by atoms with E-state index in [4.69, 9.17) is 5.11 Å². The van der Waals surface area contributed by atoms with Gasteiger partial charge in [-0.25, -0.2) is 4.79 Å². The molecule has 0 fully saturated rings. The predicted molar refractivity (Wildman–Crippen MR) is 94.8 cm³/mol. The van der Waals surface area contributed by atoms with Crippen molar-refractivity contribution in [3.63, 3.8) is 0 Å². The van der Waals surface area contributed by atoms with E-state index < -0.39 is 5.97 Å². The number of carbonyl (C=O) groups is 2. The average molecular weight is 306 g/mol. The minimum Gasteiger partial charge on any atom is -0.478 e. The highest BCUT2D eigenvalue weighted by Gasteiger charge is 1.92.